The van der Waals surface area contributed by atoms with Crippen LogP contribution in [0.25, 0.3) is 0 Å². The molecule has 0 fully saturated rings. The second-order valence-corrected chi connectivity index (χ2v) is 5.66. The molecule has 0 saturated heterocycles. The third-order valence-electron chi connectivity index (χ3n) is 2.95. The van der Waals surface area contributed by atoms with Crippen LogP contribution in [0.1, 0.15) is 18.9 Å². The second-order valence-electron chi connectivity index (χ2n) is 4.81. The van der Waals surface area contributed by atoms with Crippen LogP contribution in [0.5, 0.6) is 11.6 Å². The minimum Gasteiger partial charge on any atom is -0.492 e. The number of aromatic nitrogens is 1. The van der Waals surface area contributed by atoms with E-state index in [2.05, 4.69) is 45.3 Å². The molecule has 0 unspecified atom stereocenters. The van der Waals surface area contributed by atoms with Crippen LogP contribution < -0.4 is 14.8 Å². The molecule has 0 aliphatic heterocycles. The fourth-order valence-electron chi connectivity index (χ4n) is 1.88. The molecule has 1 heterocycles. The fraction of sp³-hybridized carbons (Fsp3) is 0.353. The van der Waals surface area contributed by atoms with Gasteiger partial charge in [0.2, 0.25) is 5.88 Å². The van der Waals surface area contributed by atoms with Crippen molar-refractivity contribution in [1.82, 2.24) is 10.3 Å². The summed E-state index contributed by atoms with van der Waals surface area (Å²) in [4.78, 5) is 4.11. The van der Waals surface area contributed by atoms with Crippen molar-refractivity contribution >= 4 is 28.3 Å². The highest BCUT2D eigenvalue weighted by Crippen LogP contribution is 2.26. The maximum Gasteiger partial charge on any atom is 0.213 e. The summed E-state index contributed by atoms with van der Waals surface area (Å²) in [6, 6.07) is 11.8. The molecule has 1 N–H and O–H groups in total. The number of halogens is 2. The highest BCUT2D eigenvalue weighted by molar-refractivity contribution is 9.10. The normalized spacial score (nSPS) is 10.0. The largest absolute Gasteiger partial charge is 0.492 e. The number of rotatable bonds is 9. The van der Waals surface area contributed by atoms with E-state index in [0.29, 0.717) is 12.5 Å². The van der Waals surface area contributed by atoms with Crippen molar-refractivity contribution in [3.8, 4) is 11.6 Å². The Labute approximate surface area is 152 Å². The Balaban J connectivity index is 0.00000264. The molecule has 0 spiro atoms. The number of nitrogens with zero attached hydrogens (tertiary/aromatic N) is 1. The summed E-state index contributed by atoms with van der Waals surface area (Å²) in [6.07, 6.45) is 2.73. The Kier molecular flexibility index (Phi) is 9.67. The zero-order valence-corrected chi connectivity index (χ0v) is 15.5. The molecule has 2 rings (SSSR count). The second kappa shape index (κ2) is 11.3. The zero-order chi connectivity index (χ0) is 15.6. The minimum atomic E-state index is 0. The Hall–Kier alpha value is -1.30. The van der Waals surface area contributed by atoms with Gasteiger partial charge in [-0.3, -0.25) is 0 Å². The van der Waals surface area contributed by atoms with Gasteiger partial charge < -0.3 is 14.8 Å². The first-order chi connectivity index (χ1) is 10.8. The predicted octanol–water partition coefficient (Wildman–Crippen LogP) is 4.22. The fourth-order valence-corrected chi connectivity index (χ4v) is 2.42. The molecular weight excluding hydrogens is 380 g/mol. The Morgan fingerprint density at radius 1 is 1.13 bits per heavy atom. The summed E-state index contributed by atoms with van der Waals surface area (Å²) < 4.78 is 12.2. The highest BCUT2D eigenvalue weighted by atomic mass is 79.9. The average molecular weight is 402 g/mol. The molecular formula is C17H22BrClN2O2. The predicted molar refractivity (Wildman–Crippen MR) is 98.6 cm³/mol. The topological polar surface area (TPSA) is 43.4 Å². The van der Waals surface area contributed by atoms with Gasteiger partial charge in [-0.1, -0.05) is 19.1 Å². The molecule has 126 valence electrons. The third-order valence-corrected chi connectivity index (χ3v) is 3.57. The van der Waals surface area contributed by atoms with E-state index in [1.165, 1.54) is 5.56 Å². The first-order valence-electron chi connectivity index (χ1n) is 7.45. The molecule has 0 amide bonds. The molecule has 0 aliphatic rings. The van der Waals surface area contributed by atoms with E-state index >= 15 is 0 Å². The molecule has 0 saturated carbocycles. The van der Waals surface area contributed by atoms with Crippen molar-refractivity contribution in [1.29, 1.82) is 0 Å². The first kappa shape index (κ1) is 19.7. The highest BCUT2D eigenvalue weighted by Gasteiger charge is 2.02. The van der Waals surface area contributed by atoms with E-state index in [4.69, 9.17) is 9.47 Å². The molecule has 6 heteroatoms. The molecule has 1 aromatic heterocycles. The van der Waals surface area contributed by atoms with Gasteiger partial charge in [0.15, 0.2) is 0 Å². The summed E-state index contributed by atoms with van der Waals surface area (Å²) in [5.41, 5.74) is 1.20. The van der Waals surface area contributed by atoms with E-state index in [-0.39, 0.29) is 12.4 Å². The van der Waals surface area contributed by atoms with Crippen LogP contribution >= 0.6 is 28.3 Å². The Morgan fingerprint density at radius 2 is 2.00 bits per heavy atom. The molecule has 0 aliphatic carbocycles. The Bertz CT molecular complexity index is 570. The zero-order valence-electron chi connectivity index (χ0n) is 13.1. The summed E-state index contributed by atoms with van der Waals surface area (Å²) in [6.45, 7) is 4.98. The maximum atomic E-state index is 5.64. The van der Waals surface area contributed by atoms with Gasteiger partial charge in [-0.2, -0.15) is 0 Å². The van der Waals surface area contributed by atoms with Gasteiger partial charge in [0.25, 0.3) is 0 Å². The number of hydrogen-bond donors (Lipinski definition) is 1. The monoisotopic (exact) mass is 400 g/mol. The van der Waals surface area contributed by atoms with Gasteiger partial charge >= 0.3 is 0 Å². The van der Waals surface area contributed by atoms with Crippen molar-refractivity contribution in [2.45, 2.75) is 19.9 Å². The van der Waals surface area contributed by atoms with Crippen molar-refractivity contribution in [3.63, 3.8) is 0 Å². The van der Waals surface area contributed by atoms with Gasteiger partial charge in [-0.15, -0.1) is 12.4 Å². The number of ether oxygens (including phenoxy) is 2. The summed E-state index contributed by atoms with van der Waals surface area (Å²) in [7, 11) is 0. The lowest BCUT2D eigenvalue weighted by Crippen LogP contribution is -2.20. The van der Waals surface area contributed by atoms with Crippen molar-refractivity contribution in [2.75, 3.05) is 19.8 Å². The van der Waals surface area contributed by atoms with Crippen molar-refractivity contribution in [3.05, 3.63) is 52.6 Å². The summed E-state index contributed by atoms with van der Waals surface area (Å²) in [5, 5.41) is 3.35. The molecule has 2 aromatic rings. The number of hydrogen-bond acceptors (Lipinski definition) is 4. The van der Waals surface area contributed by atoms with Crippen LogP contribution in [0.15, 0.2) is 47.1 Å². The van der Waals surface area contributed by atoms with Gasteiger partial charge in [0, 0.05) is 25.4 Å². The summed E-state index contributed by atoms with van der Waals surface area (Å²) >= 11 is 3.54. The van der Waals surface area contributed by atoms with Gasteiger partial charge in [-0.25, -0.2) is 4.98 Å². The van der Waals surface area contributed by atoms with E-state index < -0.39 is 0 Å². The molecule has 0 radical (unpaired) electrons. The molecule has 0 atom stereocenters. The number of benzene rings is 1. The van der Waals surface area contributed by atoms with Crippen LogP contribution in [0.3, 0.4) is 0 Å². The van der Waals surface area contributed by atoms with Crippen molar-refractivity contribution < 1.29 is 9.47 Å². The van der Waals surface area contributed by atoms with E-state index in [1.54, 1.807) is 6.20 Å². The molecule has 1 aromatic carbocycles. The van der Waals surface area contributed by atoms with Crippen molar-refractivity contribution in [2.24, 2.45) is 0 Å². The van der Waals surface area contributed by atoms with Crippen LogP contribution in [0.2, 0.25) is 0 Å². The first-order valence-corrected chi connectivity index (χ1v) is 8.24. The van der Waals surface area contributed by atoms with Crippen LogP contribution in [-0.4, -0.2) is 24.7 Å². The quantitative estimate of drug-likeness (QED) is 0.639. The standard InChI is InChI=1S/C17H21BrN2O2.ClH/c1-2-10-21-16-7-6-14(12-15(16)18)13-19-9-11-22-17-5-3-4-8-20-17;/h3-8,12,19H,2,9-11,13H2,1H3;1H. The lowest BCUT2D eigenvalue weighted by atomic mass is 10.2. The SMILES string of the molecule is CCCOc1ccc(CNCCOc2ccccn2)cc1Br.Cl. The number of pyridine rings is 1. The number of nitrogens with one attached hydrogen (secondary N) is 1. The van der Waals surface area contributed by atoms with Crippen LogP contribution in [-0.2, 0) is 6.54 Å². The minimum absolute atomic E-state index is 0. The lowest BCUT2D eigenvalue weighted by molar-refractivity contribution is 0.302. The molecule has 23 heavy (non-hydrogen) atoms. The molecule has 0 bridgehead atoms. The van der Waals surface area contributed by atoms with E-state index in [9.17, 15) is 0 Å². The van der Waals surface area contributed by atoms with Gasteiger partial charge in [0.1, 0.15) is 12.4 Å². The average Bonchev–Trinajstić information content (AvgIpc) is 2.55. The maximum absolute atomic E-state index is 5.64. The van der Waals surface area contributed by atoms with Crippen LogP contribution in [0.4, 0.5) is 0 Å². The van der Waals surface area contributed by atoms with E-state index in [0.717, 1.165) is 36.3 Å². The third kappa shape index (κ3) is 7.20. The van der Waals surface area contributed by atoms with E-state index in [1.807, 2.05) is 24.3 Å². The lowest BCUT2D eigenvalue weighted by Gasteiger charge is -2.10. The van der Waals surface area contributed by atoms with Gasteiger partial charge in [-0.05, 0) is 46.1 Å². The van der Waals surface area contributed by atoms with Crippen LogP contribution in [0, 0.1) is 0 Å². The Morgan fingerprint density at radius 3 is 2.70 bits per heavy atom. The smallest absolute Gasteiger partial charge is 0.213 e. The molecule has 4 nitrogen and oxygen atoms in total. The summed E-state index contributed by atoms with van der Waals surface area (Å²) in [5.74, 6) is 1.55. The van der Waals surface area contributed by atoms with Gasteiger partial charge in [0.05, 0.1) is 11.1 Å².